The van der Waals surface area contributed by atoms with Gasteiger partial charge in [0.2, 0.25) is 0 Å². The number of benzene rings is 2. The number of hydrogen-bond acceptors (Lipinski definition) is 4. The summed E-state index contributed by atoms with van der Waals surface area (Å²) in [6, 6.07) is 11.0. The lowest BCUT2D eigenvalue weighted by molar-refractivity contribution is 0.0696. The van der Waals surface area contributed by atoms with E-state index in [4.69, 9.17) is 14.6 Å². The molecule has 0 atom stereocenters. The maximum absolute atomic E-state index is 10.9. The number of ether oxygens (including phenoxy) is 2. The number of carboxylic acids is 1. The highest BCUT2D eigenvalue weighted by molar-refractivity contribution is 5.88. The van der Waals surface area contributed by atoms with Crippen LogP contribution in [0.2, 0.25) is 0 Å². The van der Waals surface area contributed by atoms with Crippen LogP contribution in [0, 0.1) is 0 Å². The van der Waals surface area contributed by atoms with Crippen molar-refractivity contribution in [2.75, 3.05) is 7.11 Å². The van der Waals surface area contributed by atoms with Crippen molar-refractivity contribution in [2.45, 2.75) is 6.61 Å². The number of carboxylic acid groups (broad SMARTS) is 1. The first-order valence-corrected chi connectivity index (χ1v) is 5.92. The van der Waals surface area contributed by atoms with Crippen LogP contribution in [0.15, 0.2) is 42.5 Å². The summed E-state index contributed by atoms with van der Waals surface area (Å²) in [6.07, 6.45) is 0. The monoisotopic (exact) mass is 274 g/mol. The van der Waals surface area contributed by atoms with E-state index >= 15 is 0 Å². The van der Waals surface area contributed by atoms with Gasteiger partial charge in [-0.3, -0.25) is 0 Å². The third-order valence-corrected chi connectivity index (χ3v) is 2.77. The lowest BCUT2D eigenvalue weighted by Crippen LogP contribution is -2.02. The van der Waals surface area contributed by atoms with E-state index in [1.165, 1.54) is 31.4 Å². The third kappa shape index (κ3) is 3.20. The van der Waals surface area contributed by atoms with Gasteiger partial charge in [0, 0.05) is 5.56 Å². The first kappa shape index (κ1) is 13.7. The zero-order valence-electron chi connectivity index (χ0n) is 10.9. The summed E-state index contributed by atoms with van der Waals surface area (Å²) in [5.41, 5.74) is 0.904. The van der Waals surface area contributed by atoms with Crippen molar-refractivity contribution >= 4 is 5.97 Å². The molecule has 0 heterocycles. The summed E-state index contributed by atoms with van der Waals surface area (Å²) in [4.78, 5) is 10.9. The Bertz CT molecular complexity index is 604. The summed E-state index contributed by atoms with van der Waals surface area (Å²) < 4.78 is 10.7. The second kappa shape index (κ2) is 5.97. The van der Waals surface area contributed by atoms with Crippen molar-refractivity contribution in [1.82, 2.24) is 0 Å². The van der Waals surface area contributed by atoms with Crippen molar-refractivity contribution in [3.63, 3.8) is 0 Å². The molecule has 5 heteroatoms. The molecule has 0 aromatic heterocycles. The molecule has 2 aromatic rings. The summed E-state index contributed by atoms with van der Waals surface area (Å²) in [5.74, 6) is 0.228. The molecular weight excluding hydrogens is 260 g/mol. The number of phenols is 1. The first-order chi connectivity index (χ1) is 9.60. The van der Waals surface area contributed by atoms with E-state index in [0.29, 0.717) is 11.5 Å². The van der Waals surface area contributed by atoms with E-state index in [1.54, 1.807) is 18.2 Å². The maximum Gasteiger partial charge on any atom is 0.335 e. The Balaban J connectivity index is 2.12. The average molecular weight is 274 g/mol. The molecule has 0 radical (unpaired) electrons. The highest BCUT2D eigenvalue weighted by atomic mass is 16.5. The molecule has 0 saturated heterocycles. The van der Waals surface area contributed by atoms with Crippen molar-refractivity contribution in [1.29, 1.82) is 0 Å². The van der Waals surface area contributed by atoms with Crippen LogP contribution in [0.3, 0.4) is 0 Å². The van der Waals surface area contributed by atoms with E-state index in [2.05, 4.69) is 0 Å². The van der Waals surface area contributed by atoms with Gasteiger partial charge in [-0.25, -0.2) is 4.79 Å². The van der Waals surface area contributed by atoms with Gasteiger partial charge in [-0.1, -0.05) is 6.07 Å². The minimum absolute atomic E-state index is 0.162. The number of hydrogen-bond donors (Lipinski definition) is 2. The Morgan fingerprint density at radius 3 is 2.45 bits per heavy atom. The minimum atomic E-state index is -1.01. The molecular formula is C15H14O5. The van der Waals surface area contributed by atoms with Gasteiger partial charge in [-0.2, -0.15) is 0 Å². The Morgan fingerprint density at radius 1 is 1.15 bits per heavy atom. The van der Waals surface area contributed by atoms with Gasteiger partial charge in [-0.05, 0) is 36.4 Å². The quantitative estimate of drug-likeness (QED) is 0.876. The van der Waals surface area contributed by atoms with Crippen molar-refractivity contribution in [3.05, 3.63) is 53.6 Å². The molecule has 0 saturated carbocycles. The van der Waals surface area contributed by atoms with E-state index in [9.17, 15) is 9.90 Å². The highest BCUT2D eigenvalue weighted by Crippen LogP contribution is 2.23. The van der Waals surface area contributed by atoms with Gasteiger partial charge in [0.1, 0.15) is 23.9 Å². The average Bonchev–Trinajstić information content (AvgIpc) is 2.46. The molecule has 2 N–H and O–H groups in total. The summed E-state index contributed by atoms with van der Waals surface area (Å²) in [7, 11) is 1.48. The molecule has 2 aromatic carbocycles. The van der Waals surface area contributed by atoms with Gasteiger partial charge in [0.05, 0.1) is 12.7 Å². The molecule has 0 bridgehead atoms. The van der Waals surface area contributed by atoms with Crippen LogP contribution in [0.5, 0.6) is 17.2 Å². The largest absolute Gasteiger partial charge is 0.508 e. The molecule has 5 nitrogen and oxygen atoms in total. The number of methoxy groups -OCH3 is 1. The fourth-order valence-corrected chi connectivity index (χ4v) is 1.70. The van der Waals surface area contributed by atoms with Crippen molar-refractivity contribution < 1.29 is 24.5 Å². The predicted molar refractivity (Wildman–Crippen MR) is 72.4 cm³/mol. The lowest BCUT2D eigenvalue weighted by atomic mass is 10.1. The fourth-order valence-electron chi connectivity index (χ4n) is 1.70. The van der Waals surface area contributed by atoms with Crippen molar-refractivity contribution in [2.24, 2.45) is 0 Å². The van der Waals surface area contributed by atoms with Gasteiger partial charge in [0.25, 0.3) is 0 Å². The zero-order chi connectivity index (χ0) is 14.5. The van der Waals surface area contributed by atoms with Crippen LogP contribution in [-0.2, 0) is 6.61 Å². The Labute approximate surface area is 116 Å². The molecule has 0 spiro atoms. The van der Waals surface area contributed by atoms with E-state index in [-0.39, 0.29) is 17.9 Å². The van der Waals surface area contributed by atoms with Gasteiger partial charge < -0.3 is 19.7 Å². The molecule has 20 heavy (non-hydrogen) atoms. The summed E-state index contributed by atoms with van der Waals surface area (Å²) in [5, 5.41) is 18.1. The van der Waals surface area contributed by atoms with Crippen LogP contribution >= 0.6 is 0 Å². The fraction of sp³-hybridized carbons (Fsp3) is 0.133. The highest BCUT2D eigenvalue weighted by Gasteiger charge is 2.09. The van der Waals surface area contributed by atoms with Crippen LogP contribution < -0.4 is 9.47 Å². The zero-order valence-corrected chi connectivity index (χ0v) is 10.9. The number of aromatic hydroxyl groups is 1. The minimum Gasteiger partial charge on any atom is -0.508 e. The number of phenolic OH excluding ortho intramolecular Hbond substituents is 1. The van der Waals surface area contributed by atoms with Crippen molar-refractivity contribution in [3.8, 4) is 17.2 Å². The molecule has 0 aliphatic heterocycles. The first-order valence-electron chi connectivity index (χ1n) is 5.92. The van der Waals surface area contributed by atoms with Crippen LogP contribution in [-0.4, -0.2) is 23.3 Å². The molecule has 0 fully saturated rings. The topological polar surface area (TPSA) is 76.0 Å². The van der Waals surface area contributed by atoms with Gasteiger partial charge in [0.15, 0.2) is 0 Å². The molecule has 0 amide bonds. The molecule has 0 aliphatic rings. The van der Waals surface area contributed by atoms with Gasteiger partial charge in [-0.15, -0.1) is 0 Å². The van der Waals surface area contributed by atoms with E-state index < -0.39 is 5.97 Å². The molecule has 104 valence electrons. The summed E-state index contributed by atoms with van der Waals surface area (Å²) >= 11 is 0. The SMILES string of the molecule is COc1cc(C(=O)O)ccc1COc1ccc(O)cc1. The number of carbonyl (C=O) groups is 1. The normalized spacial score (nSPS) is 10.1. The van der Waals surface area contributed by atoms with Gasteiger partial charge >= 0.3 is 5.97 Å². The van der Waals surface area contributed by atoms with E-state index in [1.807, 2.05) is 0 Å². The van der Waals surface area contributed by atoms with E-state index in [0.717, 1.165) is 5.56 Å². The molecule has 0 unspecified atom stereocenters. The molecule has 0 aliphatic carbocycles. The Kier molecular flexibility index (Phi) is 4.10. The van der Waals surface area contributed by atoms with Crippen LogP contribution in [0.4, 0.5) is 0 Å². The number of aromatic carboxylic acids is 1. The standard InChI is InChI=1S/C15H14O5/c1-19-14-8-10(15(17)18)2-3-11(14)9-20-13-6-4-12(16)5-7-13/h2-8,16H,9H2,1H3,(H,17,18). The Morgan fingerprint density at radius 2 is 1.85 bits per heavy atom. The molecule has 2 rings (SSSR count). The Hall–Kier alpha value is -2.69. The lowest BCUT2D eigenvalue weighted by Gasteiger charge is -2.11. The smallest absolute Gasteiger partial charge is 0.335 e. The summed E-state index contributed by atoms with van der Waals surface area (Å²) in [6.45, 7) is 0.244. The number of rotatable bonds is 5. The van der Waals surface area contributed by atoms with Crippen LogP contribution in [0.1, 0.15) is 15.9 Å². The third-order valence-electron chi connectivity index (χ3n) is 2.77. The maximum atomic E-state index is 10.9. The predicted octanol–water partition coefficient (Wildman–Crippen LogP) is 2.68. The van der Waals surface area contributed by atoms with Crippen LogP contribution in [0.25, 0.3) is 0 Å². The second-order valence-electron chi connectivity index (χ2n) is 4.11. The second-order valence-corrected chi connectivity index (χ2v) is 4.11.